The number of benzene rings is 1. The van der Waals surface area contributed by atoms with Crippen molar-refractivity contribution in [1.29, 1.82) is 0 Å². The normalized spacial score (nSPS) is 14.2. The highest BCUT2D eigenvalue weighted by atomic mass is 35.5. The molecule has 2 unspecified atom stereocenters. The molecule has 1 nitrogen and oxygen atoms in total. The summed E-state index contributed by atoms with van der Waals surface area (Å²) in [5.41, 5.74) is 0.816. The second-order valence-corrected chi connectivity index (χ2v) is 4.58. The number of pyridine rings is 1. The maximum atomic E-state index is 13.6. The third-order valence-electron chi connectivity index (χ3n) is 2.95. The zero-order chi connectivity index (χ0) is 13.1. The molecule has 0 fully saturated rings. The predicted molar refractivity (Wildman–Crippen MR) is 67.6 cm³/mol. The zero-order valence-corrected chi connectivity index (χ0v) is 10.5. The first-order valence-electron chi connectivity index (χ1n) is 5.59. The number of hydrogen-bond acceptors (Lipinski definition) is 1. The lowest BCUT2D eigenvalue weighted by Crippen LogP contribution is -2.07. The molecular weight excluding hydrogens is 256 g/mol. The molecule has 0 aliphatic rings. The fraction of sp³-hybridized carbons (Fsp3) is 0.214. The minimum absolute atomic E-state index is 0.0801. The molecule has 0 N–H and O–H groups in total. The molecule has 1 heterocycles. The predicted octanol–water partition coefficient (Wildman–Crippen LogP) is 4.44. The Balaban J connectivity index is 2.34. The van der Waals surface area contributed by atoms with Crippen LogP contribution in [0.3, 0.4) is 0 Å². The molecule has 4 heteroatoms. The maximum Gasteiger partial charge on any atom is 0.130 e. The van der Waals surface area contributed by atoms with Gasteiger partial charge in [0, 0.05) is 23.9 Å². The maximum absolute atomic E-state index is 13.6. The zero-order valence-electron chi connectivity index (χ0n) is 9.78. The van der Waals surface area contributed by atoms with Gasteiger partial charge < -0.3 is 0 Å². The number of halogens is 3. The Bertz CT molecular complexity index is 510. The lowest BCUT2D eigenvalue weighted by Gasteiger charge is -2.19. The van der Waals surface area contributed by atoms with Crippen molar-refractivity contribution in [3.63, 3.8) is 0 Å². The Hall–Kier alpha value is -1.48. The molecule has 2 atom stereocenters. The van der Waals surface area contributed by atoms with Crippen molar-refractivity contribution in [3.05, 3.63) is 65.5 Å². The molecule has 0 saturated carbocycles. The number of hydrogen-bond donors (Lipinski definition) is 0. The Morgan fingerprint density at radius 3 is 2.17 bits per heavy atom. The van der Waals surface area contributed by atoms with Crippen LogP contribution in [-0.4, -0.2) is 4.98 Å². The summed E-state index contributed by atoms with van der Waals surface area (Å²) in [6.45, 7) is 1.83. The van der Waals surface area contributed by atoms with Gasteiger partial charge in [-0.25, -0.2) is 8.78 Å². The lowest BCUT2D eigenvalue weighted by molar-refractivity contribution is 0.537. The summed E-state index contributed by atoms with van der Waals surface area (Å²) in [5, 5.41) is -0.756. The largest absolute Gasteiger partial charge is 0.265 e. The van der Waals surface area contributed by atoms with Crippen molar-refractivity contribution < 1.29 is 8.78 Å². The smallest absolute Gasteiger partial charge is 0.130 e. The van der Waals surface area contributed by atoms with E-state index in [9.17, 15) is 8.78 Å². The molecule has 1 aromatic heterocycles. The number of nitrogens with zero attached hydrogens (tertiary/aromatic N) is 1. The van der Waals surface area contributed by atoms with Crippen LogP contribution in [0.25, 0.3) is 0 Å². The standard InChI is InChI=1S/C14H12ClF2N/c1-9(10-5-7-18-8-6-10)14(15)13-11(16)3-2-4-12(13)17/h2-9,14H,1H3. The number of aromatic nitrogens is 1. The summed E-state index contributed by atoms with van der Waals surface area (Å²) in [6.07, 6.45) is 3.26. The van der Waals surface area contributed by atoms with Crippen LogP contribution < -0.4 is 0 Å². The fourth-order valence-corrected chi connectivity index (χ4v) is 2.21. The average Bonchev–Trinajstić information content (AvgIpc) is 2.38. The van der Waals surface area contributed by atoms with E-state index in [1.807, 2.05) is 6.92 Å². The molecule has 0 radical (unpaired) electrons. The van der Waals surface area contributed by atoms with E-state index >= 15 is 0 Å². The Morgan fingerprint density at radius 1 is 1.06 bits per heavy atom. The molecule has 0 aliphatic carbocycles. The van der Waals surface area contributed by atoms with E-state index in [0.717, 1.165) is 5.56 Å². The highest BCUT2D eigenvalue weighted by Gasteiger charge is 2.24. The summed E-state index contributed by atoms with van der Waals surface area (Å²) in [5.74, 6) is -1.44. The van der Waals surface area contributed by atoms with Gasteiger partial charge in [0.25, 0.3) is 0 Å². The van der Waals surface area contributed by atoms with E-state index < -0.39 is 17.0 Å². The van der Waals surface area contributed by atoms with Gasteiger partial charge in [-0.05, 0) is 29.8 Å². The van der Waals surface area contributed by atoms with Gasteiger partial charge in [-0.15, -0.1) is 11.6 Å². The number of alkyl halides is 1. The quantitative estimate of drug-likeness (QED) is 0.749. The van der Waals surface area contributed by atoms with Crippen LogP contribution in [0.2, 0.25) is 0 Å². The molecule has 94 valence electrons. The first-order chi connectivity index (χ1) is 8.61. The second kappa shape index (κ2) is 5.44. The second-order valence-electron chi connectivity index (χ2n) is 4.11. The van der Waals surface area contributed by atoms with Crippen LogP contribution in [0, 0.1) is 11.6 Å². The Kier molecular flexibility index (Phi) is 3.92. The van der Waals surface area contributed by atoms with Gasteiger partial charge in [-0.3, -0.25) is 4.98 Å². The van der Waals surface area contributed by atoms with Gasteiger partial charge in [0.2, 0.25) is 0 Å². The van der Waals surface area contributed by atoms with Crippen LogP contribution in [-0.2, 0) is 0 Å². The van der Waals surface area contributed by atoms with Gasteiger partial charge in [-0.2, -0.15) is 0 Å². The molecule has 0 bridgehead atoms. The Morgan fingerprint density at radius 2 is 1.61 bits per heavy atom. The minimum atomic E-state index is -0.756. The monoisotopic (exact) mass is 267 g/mol. The van der Waals surface area contributed by atoms with Crippen molar-refractivity contribution in [2.75, 3.05) is 0 Å². The van der Waals surface area contributed by atoms with Crippen molar-refractivity contribution in [3.8, 4) is 0 Å². The first-order valence-corrected chi connectivity index (χ1v) is 6.03. The van der Waals surface area contributed by atoms with Crippen LogP contribution in [0.1, 0.15) is 29.3 Å². The molecule has 18 heavy (non-hydrogen) atoms. The van der Waals surface area contributed by atoms with E-state index in [0.29, 0.717) is 0 Å². The summed E-state index contributed by atoms with van der Waals surface area (Å²) in [6, 6.07) is 7.34. The summed E-state index contributed by atoms with van der Waals surface area (Å²) in [4.78, 5) is 3.90. The summed E-state index contributed by atoms with van der Waals surface area (Å²) < 4.78 is 27.3. The molecule has 0 saturated heterocycles. The van der Waals surface area contributed by atoms with Gasteiger partial charge in [0.1, 0.15) is 11.6 Å². The molecule has 1 aromatic carbocycles. The molecule has 0 aliphatic heterocycles. The SMILES string of the molecule is CC(c1ccncc1)C(Cl)c1c(F)cccc1F. The Labute approximate surface area is 109 Å². The highest BCUT2D eigenvalue weighted by molar-refractivity contribution is 6.21. The van der Waals surface area contributed by atoms with Crippen molar-refractivity contribution >= 4 is 11.6 Å². The molecule has 0 amide bonds. The average molecular weight is 268 g/mol. The van der Waals surface area contributed by atoms with E-state index in [-0.39, 0.29) is 11.5 Å². The van der Waals surface area contributed by atoms with Gasteiger partial charge in [0.05, 0.1) is 5.38 Å². The summed E-state index contributed by atoms with van der Waals surface area (Å²) >= 11 is 6.20. The van der Waals surface area contributed by atoms with Crippen LogP contribution in [0.5, 0.6) is 0 Å². The van der Waals surface area contributed by atoms with Crippen molar-refractivity contribution in [1.82, 2.24) is 4.98 Å². The van der Waals surface area contributed by atoms with Gasteiger partial charge >= 0.3 is 0 Å². The van der Waals surface area contributed by atoms with E-state index in [2.05, 4.69) is 4.98 Å². The minimum Gasteiger partial charge on any atom is -0.265 e. The van der Waals surface area contributed by atoms with E-state index in [1.54, 1.807) is 24.5 Å². The summed E-state index contributed by atoms with van der Waals surface area (Å²) in [7, 11) is 0. The van der Waals surface area contributed by atoms with Crippen LogP contribution >= 0.6 is 11.6 Å². The lowest BCUT2D eigenvalue weighted by atomic mass is 9.93. The topological polar surface area (TPSA) is 12.9 Å². The van der Waals surface area contributed by atoms with Gasteiger partial charge in [-0.1, -0.05) is 13.0 Å². The van der Waals surface area contributed by atoms with Gasteiger partial charge in [0.15, 0.2) is 0 Å². The number of rotatable bonds is 3. The molecule has 2 rings (SSSR count). The highest BCUT2D eigenvalue weighted by Crippen LogP contribution is 2.38. The van der Waals surface area contributed by atoms with E-state index in [4.69, 9.17) is 11.6 Å². The first kappa shape index (κ1) is 13.0. The van der Waals surface area contributed by atoms with Crippen LogP contribution in [0.15, 0.2) is 42.7 Å². The van der Waals surface area contributed by atoms with Crippen molar-refractivity contribution in [2.24, 2.45) is 0 Å². The molecular formula is C14H12ClF2N. The third kappa shape index (κ3) is 2.51. The van der Waals surface area contributed by atoms with Crippen molar-refractivity contribution in [2.45, 2.75) is 18.2 Å². The third-order valence-corrected chi connectivity index (χ3v) is 3.54. The molecule has 2 aromatic rings. The van der Waals surface area contributed by atoms with E-state index in [1.165, 1.54) is 18.2 Å². The van der Waals surface area contributed by atoms with Crippen LogP contribution in [0.4, 0.5) is 8.78 Å². The molecule has 0 spiro atoms. The fourth-order valence-electron chi connectivity index (χ4n) is 1.86.